The zero-order valence-electron chi connectivity index (χ0n) is 22.5. The maximum absolute atomic E-state index is 12.9. The van der Waals surface area contributed by atoms with Crippen molar-refractivity contribution in [1.82, 2.24) is 14.9 Å². The van der Waals surface area contributed by atoms with Crippen molar-refractivity contribution >= 4 is 34.1 Å². The van der Waals surface area contributed by atoms with Gasteiger partial charge in [-0.25, -0.2) is 22.8 Å². The number of carbonyl (C=O) groups is 4. The van der Waals surface area contributed by atoms with E-state index in [0.717, 1.165) is 5.56 Å². The van der Waals surface area contributed by atoms with E-state index in [1.807, 2.05) is 30.3 Å². The van der Waals surface area contributed by atoms with Crippen molar-refractivity contribution in [3.05, 3.63) is 65.7 Å². The van der Waals surface area contributed by atoms with E-state index in [1.54, 1.807) is 20.8 Å². The summed E-state index contributed by atoms with van der Waals surface area (Å²) in [6.07, 6.45) is -0.548. The standard InChI is InChI=1S/C27H33N3O9S/c1-27(2,3)39-26(34)29-21(14-9-10-16-28-25(33)37-17-19-11-5-4-6-12-19)24(32)38-18-30-23(31)20-13-7-8-15-22(20)40(30,35)36/h4-8,11-13,15,21H,9-10,14,16-18H2,1-3H3,(H,28,33)(H,29,34)/t21-/m1/s1. The average molecular weight is 576 g/mol. The van der Waals surface area contributed by atoms with Crippen molar-refractivity contribution in [1.29, 1.82) is 0 Å². The van der Waals surface area contributed by atoms with Gasteiger partial charge in [0.2, 0.25) is 0 Å². The Bertz CT molecular complexity index is 1320. The molecular weight excluding hydrogens is 542 g/mol. The minimum Gasteiger partial charge on any atom is -0.445 e. The number of amides is 3. The van der Waals surface area contributed by atoms with Gasteiger partial charge in [0.25, 0.3) is 15.9 Å². The lowest BCUT2D eigenvalue weighted by molar-refractivity contribution is -0.148. The molecule has 3 amide bonds. The van der Waals surface area contributed by atoms with Crippen LogP contribution in [0, 0.1) is 0 Å². The molecule has 1 aliphatic rings. The lowest BCUT2D eigenvalue weighted by Gasteiger charge is -2.23. The number of sulfonamides is 1. The number of nitrogens with zero attached hydrogens (tertiary/aromatic N) is 1. The Morgan fingerprint density at radius 2 is 1.60 bits per heavy atom. The summed E-state index contributed by atoms with van der Waals surface area (Å²) in [5.41, 5.74) is 0.000939. The lowest BCUT2D eigenvalue weighted by Crippen LogP contribution is -2.45. The molecule has 40 heavy (non-hydrogen) atoms. The molecule has 0 unspecified atom stereocenters. The number of fused-ring (bicyclic) bond motifs is 1. The van der Waals surface area contributed by atoms with Crippen LogP contribution in [0.1, 0.15) is 56.0 Å². The summed E-state index contributed by atoms with van der Waals surface area (Å²) in [6, 6.07) is 13.7. The highest BCUT2D eigenvalue weighted by Gasteiger charge is 2.42. The molecule has 0 saturated carbocycles. The summed E-state index contributed by atoms with van der Waals surface area (Å²) in [7, 11) is -4.18. The van der Waals surface area contributed by atoms with Gasteiger partial charge in [0, 0.05) is 6.54 Å². The number of hydrogen-bond donors (Lipinski definition) is 2. The molecule has 13 heteroatoms. The largest absolute Gasteiger partial charge is 0.445 e. The normalized spacial score (nSPS) is 14.6. The zero-order valence-corrected chi connectivity index (χ0v) is 23.4. The molecule has 1 atom stereocenters. The lowest BCUT2D eigenvalue weighted by atomic mass is 10.1. The van der Waals surface area contributed by atoms with Gasteiger partial charge in [0.1, 0.15) is 23.1 Å². The van der Waals surface area contributed by atoms with Gasteiger partial charge in [0.05, 0.1) is 5.56 Å². The molecule has 0 fully saturated rings. The summed E-state index contributed by atoms with van der Waals surface area (Å²) in [5, 5.41) is 5.05. The summed E-state index contributed by atoms with van der Waals surface area (Å²) in [6.45, 7) is 4.50. The molecule has 3 rings (SSSR count). The number of alkyl carbamates (subject to hydrolysis) is 2. The Balaban J connectivity index is 1.51. The van der Waals surface area contributed by atoms with Gasteiger partial charge >= 0.3 is 18.2 Å². The molecule has 0 spiro atoms. The summed E-state index contributed by atoms with van der Waals surface area (Å²) < 4.78 is 41.4. The molecule has 1 heterocycles. The first kappa shape index (κ1) is 30.4. The van der Waals surface area contributed by atoms with E-state index in [4.69, 9.17) is 14.2 Å². The average Bonchev–Trinajstić information content (AvgIpc) is 3.09. The number of hydrogen-bond acceptors (Lipinski definition) is 9. The first-order valence-corrected chi connectivity index (χ1v) is 14.1. The van der Waals surface area contributed by atoms with Gasteiger partial charge in [-0.3, -0.25) is 4.79 Å². The van der Waals surface area contributed by atoms with Crippen LogP contribution in [0.5, 0.6) is 0 Å². The molecular formula is C27H33N3O9S. The van der Waals surface area contributed by atoms with Gasteiger partial charge in [-0.15, -0.1) is 0 Å². The van der Waals surface area contributed by atoms with Gasteiger partial charge in [0.15, 0.2) is 6.73 Å². The number of nitrogens with one attached hydrogen (secondary N) is 2. The Morgan fingerprint density at radius 1 is 0.925 bits per heavy atom. The van der Waals surface area contributed by atoms with Crippen LogP contribution in [0.3, 0.4) is 0 Å². The summed E-state index contributed by atoms with van der Waals surface area (Å²) in [4.78, 5) is 49.5. The number of rotatable bonds is 11. The van der Waals surface area contributed by atoms with Gasteiger partial charge < -0.3 is 24.8 Å². The van der Waals surface area contributed by atoms with E-state index in [-0.39, 0.29) is 30.0 Å². The third-order valence-corrected chi connectivity index (χ3v) is 7.38. The maximum atomic E-state index is 12.9. The molecule has 1 aliphatic heterocycles. The van der Waals surface area contributed by atoms with Crippen LogP contribution in [0.25, 0.3) is 0 Å². The third kappa shape index (κ3) is 8.43. The van der Waals surface area contributed by atoms with Crippen molar-refractivity contribution < 1.29 is 41.8 Å². The number of ether oxygens (including phenoxy) is 3. The highest BCUT2D eigenvalue weighted by atomic mass is 32.2. The van der Waals surface area contributed by atoms with Crippen LogP contribution in [0.4, 0.5) is 9.59 Å². The highest BCUT2D eigenvalue weighted by Crippen LogP contribution is 2.29. The van der Waals surface area contributed by atoms with Crippen molar-refractivity contribution in [2.45, 2.75) is 63.2 Å². The molecule has 2 aromatic rings. The van der Waals surface area contributed by atoms with Crippen LogP contribution in [-0.2, 0) is 35.6 Å². The van der Waals surface area contributed by atoms with Crippen LogP contribution < -0.4 is 10.6 Å². The first-order chi connectivity index (χ1) is 18.9. The molecule has 12 nitrogen and oxygen atoms in total. The predicted octanol–water partition coefficient (Wildman–Crippen LogP) is 3.32. The van der Waals surface area contributed by atoms with E-state index in [1.165, 1.54) is 24.3 Å². The SMILES string of the molecule is CC(C)(C)OC(=O)N[C@H](CCCCNC(=O)OCc1ccccc1)C(=O)OCN1C(=O)c2ccccc2S1(=O)=O. The monoisotopic (exact) mass is 575 g/mol. The summed E-state index contributed by atoms with van der Waals surface area (Å²) in [5.74, 6) is -1.76. The van der Waals surface area contributed by atoms with E-state index in [0.29, 0.717) is 17.1 Å². The summed E-state index contributed by atoms with van der Waals surface area (Å²) >= 11 is 0. The Hall–Kier alpha value is -4.13. The second-order valence-corrected chi connectivity index (χ2v) is 11.8. The van der Waals surface area contributed by atoms with Crippen LogP contribution in [0.2, 0.25) is 0 Å². The fraction of sp³-hybridized carbons (Fsp3) is 0.407. The van der Waals surface area contributed by atoms with E-state index in [9.17, 15) is 27.6 Å². The molecule has 0 aliphatic carbocycles. The van der Waals surface area contributed by atoms with Crippen molar-refractivity contribution in [3.63, 3.8) is 0 Å². The van der Waals surface area contributed by atoms with E-state index < -0.39 is 52.5 Å². The molecule has 0 aromatic heterocycles. The highest BCUT2D eigenvalue weighted by molar-refractivity contribution is 7.90. The minimum atomic E-state index is -4.18. The minimum absolute atomic E-state index is 0.0169. The zero-order chi connectivity index (χ0) is 29.3. The molecule has 0 saturated heterocycles. The van der Waals surface area contributed by atoms with Crippen molar-refractivity contribution in [2.75, 3.05) is 13.3 Å². The Labute approximate surface area is 233 Å². The number of carbonyl (C=O) groups excluding carboxylic acids is 4. The maximum Gasteiger partial charge on any atom is 0.408 e. The van der Waals surface area contributed by atoms with Gasteiger partial charge in [-0.2, -0.15) is 4.31 Å². The van der Waals surface area contributed by atoms with E-state index in [2.05, 4.69) is 10.6 Å². The van der Waals surface area contributed by atoms with Crippen molar-refractivity contribution in [2.24, 2.45) is 0 Å². The Kier molecular flexibility index (Phi) is 10.1. The quantitative estimate of drug-likeness (QED) is 0.233. The fourth-order valence-electron chi connectivity index (χ4n) is 3.72. The van der Waals surface area contributed by atoms with Crippen LogP contribution >= 0.6 is 0 Å². The molecule has 0 bridgehead atoms. The number of esters is 1. The predicted molar refractivity (Wildman–Crippen MR) is 142 cm³/mol. The fourth-order valence-corrected chi connectivity index (χ4v) is 5.15. The van der Waals surface area contributed by atoms with E-state index >= 15 is 0 Å². The van der Waals surface area contributed by atoms with Gasteiger partial charge in [-0.1, -0.05) is 42.5 Å². The number of unbranched alkanes of at least 4 members (excludes halogenated alkanes) is 1. The molecule has 216 valence electrons. The number of benzene rings is 2. The topological polar surface area (TPSA) is 157 Å². The van der Waals surface area contributed by atoms with Crippen molar-refractivity contribution in [3.8, 4) is 0 Å². The molecule has 2 N–H and O–H groups in total. The van der Waals surface area contributed by atoms with Gasteiger partial charge in [-0.05, 0) is 57.7 Å². The van der Waals surface area contributed by atoms with Crippen LogP contribution in [-0.4, -0.2) is 61.7 Å². The molecule has 0 radical (unpaired) electrons. The Morgan fingerprint density at radius 3 is 2.27 bits per heavy atom. The second-order valence-electron chi connectivity index (χ2n) is 9.93. The van der Waals surface area contributed by atoms with Crippen LogP contribution in [0.15, 0.2) is 59.5 Å². The first-order valence-electron chi connectivity index (χ1n) is 12.7. The second kappa shape index (κ2) is 13.3. The third-order valence-electron chi connectivity index (χ3n) is 5.61. The smallest absolute Gasteiger partial charge is 0.408 e. The molecule has 2 aromatic carbocycles.